The molecule has 0 aliphatic rings. The monoisotopic (exact) mass is 232 g/mol. The summed E-state index contributed by atoms with van der Waals surface area (Å²) in [5, 5.41) is 18.1. The minimum absolute atomic E-state index is 0. The Hall–Kier alpha value is -0.840. The maximum atomic E-state index is 11.1. The van der Waals surface area contributed by atoms with Gasteiger partial charge in [-0.2, -0.15) is 0 Å². The Morgan fingerprint density at radius 3 is 1.88 bits per heavy atom. The molecule has 0 bridgehead atoms. The van der Waals surface area contributed by atoms with Crippen molar-refractivity contribution in [2.24, 2.45) is 0 Å². The molecule has 0 radical (unpaired) electrons. The number of carboxylic acid groups (broad SMARTS) is 2. The van der Waals surface area contributed by atoms with Gasteiger partial charge in [0.25, 0.3) is 0 Å². The molecule has 1 aromatic carbocycles. The van der Waals surface area contributed by atoms with E-state index in [-0.39, 0.29) is 36.0 Å². The SMILES string of the molecule is CCC(C(=O)O)(C(=O)O)c1ccccc1.[NaH]. The molecule has 0 aliphatic carbocycles. The van der Waals surface area contributed by atoms with Crippen molar-refractivity contribution in [3.05, 3.63) is 35.9 Å². The Balaban J connectivity index is 0.00000225. The fourth-order valence-electron chi connectivity index (χ4n) is 1.57. The molecule has 5 heteroatoms. The molecular formula is C11H13NaO4. The van der Waals surface area contributed by atoms with E-state index in [1.165, 1.54) is 12.1 Å². The number of carboxylic acids is 2. The molecule has 0 saturated heterocycles. The van der Waals surface area contributed by atoms with Crippen LogP contribution < -0.4 is 0 Å². The molecule has 0 spiro atoms. The number of hydrogen-bond donors (Lipinski definition) is 2. The third-order valence-corrected chi connectivity index (χ3v) is 2.53. The van der Waals surface area contributed by atoms with Crippen LogP contribution in [-0.2, 0) is 15.0 Å². The molecule has 4 nitrogen and oxygen atoms in total. The van der Waals surface area contributed by atoms with Crippen LogP contribution in [0.2, 0.25) is 0 Å². The molecule has 0 aliphatic heterocycles. The van der Waals surface area contributed by atoms with Crippen LogP contribution in [0, 0.1) is 0 Å². The van der Waals surface area contributed by atoms with E-state index in [4.69, 9.17) is 10.2 Å². The summed E-state index contributed by atoms with van der Waals surface area (Å²) in [6.45, 7) is 1.55. The normalized spacial score (nSPS) is 10.3. The van der Waals surface area contributed by atoms with Crippen molar-refractivity contribution >= 4 is 41.5 Å². The van der Waals surface area contributed by atoms with E-state index in [2.05, 4.69) is 0 Å². The van der Waals surface area contributed by atoms with Gasteiger partial charge in [-0.3, -0.25) is 9.59 Å². The molecule has 0 atom stereocenters. The van der Waals surface area contributed by atoms with Gasteiger partial charge in [-0.1, -0.05) is 37.3 Å². The zero-order valence-corrected chi connectivity index (χ0v) is 8.30. The second kappa shape index (κ2) is 6.03. The van der Waals surface area contributed by atoms with Gasteiger partial charge in [-0.15, -0.1) is 0 Å². The van der Waals surface area contributed by atoms with Gasteiger partial charge in [-0.05, 0) is 12.0 Å². The van der Waals surface area contributed by atoms with E-state index in [0.29, 0.717) is 5.56 Å². The summed E-state index contributed by atoms with van der Waals surface area (Å²) >= 11 is 0. The molecule has 0 unspecified atom stereocenters. The van der Waals surface area contributed by atoms with Gasteiger partial charge in [0.15, 0.2) is 5.41 Å². The van der Waals surface area contributed by atoms with Gasteiger partial charge in [0.05, 0.1) is 0 Å². The van der Waals surface area contributed by atoms with Crippen LogP contribution >= 0.6 is 0 Å². The van der Waals surface area contributed by atoms with Crippen molar-refractivity contribution in [3.8, 4) is 0 Å². The molecule has 82 valence electrons. The minimum atomic E-state index is -1.83. The first-order valence-electron chi connectivity index (χ1n) is 4.58. The van der Waals surface area contributed by atoms with Crippen molar-refractivity contribution < 1.29 is 19.8 Å². The quantitative estimate of drug-likeness (QED) is 0.596. The van der Waals surface area contributed by atoms with E-state index in [1.54, 1.807) is 25.1 Å². The summed E-state index contributed by atoms with van der Waals surface area (Å²) < 4.78 is 0. The van der Waals surface area contributed by atoms with Crippen molar-refractivity contribution in [1.82, 2.24) is 0 Å². The maximum absolute atomic E-state index is 11.1. The first-order valence-corrected chi connectivity index (χ1v) is 4.58. The van der Waals surface area contributed by atoms with Crippen LogP contribution in [0.25, 0.3) is 0 Å². The zero-order valence-electron chi connectivity index (χ0n) is 8.30. The third-order valence-electron chi connectivity index (χ3n) is 2.53. The van der Waals surface area contributed by atoms with Crippen LogP contribution in [0.15, 0.2) is 30.3 Å². The van der Waals surface area contributed by atoms with Gasteiger partial charge < -0.3 is 10.2 Å². The van der Waals surface area contributed by atoms with Crippen molar-refractivity contribution in [3.63, 3.8) is 0 Å². The average molecular weight is 232 g/mol. The standard InChI is InChI=1S/C11H12O4.Na.H/c1-2-11(9(12)13,10(14)15)8-6-4-3-5-7-8;;/h3-7H,2H2,1H3,(H,12,13)(H,14,15);;. The van der Waals surface area contributed by atoms with Crippen molar-refractivity contribution in [2.75, 3.05) is 0 Å². The molecule has 0 aromatic heterocycles. The second-order valence-electron chi connectivity index (χ2n) is 3.24. The number of aliphatic carboxylic acids is 2. The number of carbonyl (C=O) groups is 2. The Morgan fingerprint density at radius 1 is 1.12 bits per heavy atom. The molecule has 0 amide bonds. The fraction of sp³-hybridized carbons (Fsp3) is 0.273. The summed E-state index contributed by atoms with van der Waals surface area (Å²) in [6.07, 6.45) is 0.0156. The average Bonchev–Trinajstić information content (AvgIpc) is 2.20. The van der Waals surface area contributed by atoms with Gasteiger partial charge in [0.1, 0.15) is 0 Å². The molecule has 2 N–H and O–H groups in total. The van der Waals surface area contributed by atoms with Gasteiger partial charge in [0, 0.05) is 0 Å². The van der Waals surface area contributed by atoms with Crippen LogP contribution in [0.3, 0.4) is 0 Å². The van der Waals surface area contributed by atoms with Crippen LogP contribution in [0.5, 0.6) is 0 Å². The summed E-state index contributed by atoms with van der Waals surface area (Å²) in [4.78, 5) is 22.2. The Bertz CT molecular complexity index is 361. The molecule has 0 saturated carbocycles. The first kappa shape index (κ1) is 15.2. The summed E-state index contributed by atoms with van der Waals surface area (Å²) in [5.41, 5.74) is -1.53. The van der Waals surface area contributed by atoms with Gasteiger partial charge in [0.2, 0.25) is 0 Å². The number of hydrogen-bond acceptors (Lipinski definition) is 2. The molecule has 0 fully saturated rings. The molecule has 1 aromatic rings. The Labute approximate surface area is 116 Å². The van der Waals surface area contributed by atoms with E-state index < -0.39 is 17.4 Å². The summed E-state index contributed by atoms with van der Waals surface area (Å²) in [6, 6.07) is 8.02. The van der Waals surface area contributed by atoms with E-state index >= 15 is 0 Å². The molecule has 0 heterocycles. The van der Waals surface area contributed by atoms with E-state index in [1.807, 2.05) is 0 Å². The van der Waals surface area contributed by atoms with Crippen molar-refractivity contribution in [2.45, 2.75) is 18.8 Å². The van der Waals surface area contributed by atoms with Crippen LogP contribution in [0.4, 0.5) is 0 Å². The van der Waals surface area contributed by atoms with Crippen LogP contribution in [0.1, 0.15) is 18.9 Å². The Morgan fingerprint density at radius 2 is 1.56 bits per heavy atom. The predicted molar refractivity (Wildman–Crippen MR) is 60.8 cm³/mol. The predicted octanol–water partition coefficient (Wildman–Crippen LogP) is 0.855. The Kier molecular flexibility index (Phi) is 5.72. The van der Waals surface area contributed by atoms with Gasteiger partial charge >= 0.3 is 41.5 Å². The summed E-state index contributed by atoms with van der Waals surface area (Å²) in [7, 11) is 0. The number of rotatable bonds is 4. The van der Waals surface area contributed by atoms with E-state index in [0.717, 1.165) is 0 Å². The molecule has 16 heavy (non-hydrogen) atoms. The van der Waals surface area contributed by atoms with Gasteiger partial charge in [-0.25, -0.2) is 0 Å². The summed E-state index contributed by atoms with van der Waals surface area (Å²) in [5.74, 6) is -2.66. The topological polar surface area (TPSA) is 74.6 Å². The molecular weight excluding hydrogens is 219 g/mol. The molecule has 1 rings (SSSR count). The number of benzene rings is 1. The fourth-order valence-corrected chi connectivity index (χ4v) is 1.57. The van der Waals surface area contributed by atoms with Crippen LogP contribution in [-0.4, -0.2) is 51.7 Å². The van der Waals surface area contributed by atoms with Crippen molar-refractivity contribution in [1.29, 1.82) is 0 Å². The second-order valence-corrected chi connectivity index (χ2v) is 3.24. The van der Waals surface area contributed by atoms with E-state index in [9.17, 15) is 9.59 Å². The first-order chi connectivity index (χ1) is 7.05. The third kappa shape index (κ3) is 2.45. The zero-order chi connectivity index (χ0) is 11.5.